The maximum atomic E-state index is 5.82. The van der Waals surface area contributed by atoms with Crippen LogP contribution in [0.3, 0.4) is 0 Å². The number of benzene rings is 1. The minimum Gasteiger partial charge on any atom is -0.473 e. The summed E-state index contributed by atoms with van der Waals surface area (Å²) in [6, 6.07) is 11.7. The van der Waals surface area contributed by atoms with Crippen LogP contribution in [0, 0.1) is 0 Å². The van der Waals surface area contributed by atoms with Crippen molar-refractivity contribution in [3.05, 3.63) is 58.2 Å². The second-order valence-electron chi connectivity index (χ2n) is 4.10. The van der Waals surface area contributed by atoms with E-state index in [1.54, 1.807) is 6.20 Å². The van der Waals surface area contributed by atoms with Gasteiger partial charge in [-0.25, -0.2) is 4.98 Å². The predicted octanol–water partition coefficient (Wildman–Crippen LogP) is 3.44. The lowest BCUT2D eigenvalue weighted by Crippen LogP contribution is -2.06. The van der Waals surface area contributed by atoms with Gasteiger partial charge in [-0.05, 0) is 24.6 Å². The topological polar surface area (TPSA) is 48.1 Å². The van der Waals surface area contributed by atoms with E-state index >= 15 is 0 Å². The first kappa shape index (κ1) is 13.1. The van der Waals surface area contributed by atoms with Crippen LogP contribution < -0.4 is 10.5 Å². The minimum absolute atomic E-state index is 0.0150. The van der Waals surface area contributed by atoms with Gasteiger partial charge in [0.25, 0.3) is 0 Å². The number of aromatic nitrogens is 1. The maximum Gasteiger partial charge on any atom is 0.213 e. The second kappa shape index (κ2) is 5.98. The molecule has 0 aliphatic heterocycles. The standard InChI is InChI=1S/C14H15BrN2O/c1-10(16)11-6-7-17-14(8-11)18-9-12-4-2-3-5-13(12)15/h2-8,10H,9,16H2,1H3/t10-/m0/s1. The normalized spacial score (nSPS) is 12.2. The van der Waals surface area contributed by atoms with Gasteiger partial charge >= 0.3 is 0 Å². The Bertz CT molecular complexity index is 529. The summed E-state index contributed by atoms with van der Waals surface area (Å²) in [4.78, 5) is 4.17. The third kappa shape index (κ3) is 3.31. The first-order valence-electron chi connectivity index (χ1n) is 5.74. The molecule has 1 heterocycles. The number of ether oxygens (including phenoxy) is 1. The molecule has 0 aliphatic carbocycles. The van der Waals surface area contributed by atoms with Gasteiger partial charge in [-0.2, -0.15) is 0 Å². The van der Waals surface area contributed by atoms with Crippen LogP contribution in [0.25, 0.3) is 0 Å². The Labute approximate surface area is 115 Å². The number of pyridine rings is 1. The summed E-state index contributed by atoms with van der Waals surface area (Å²) in [7, 11) is 0. The van der Waals surface area contributed by atoms with Gasteiger partial charge in [0.2, 0.25) is 5.88 Å². The summed E-state index contributed by atoms with van der Waals surface area (Å²) >= 11 is 3.49. The monoisotopic (exact) mass is 306 g/mol. The smallest absolute Gasteiger partial charge is 0.213 e. The fraction of sp³-hybridized carbons (Fsp3) is 0.214. The van der Waals surface area contributed by atoms with Crippen molar-refractivity contribution in [1.29, 1.82) is 0 Å². The van der Waals surface area contributed by atoms with E-state index in [2.05, 4.69) is 20.9 Å². The fourth-order valence-corrected chi connectivity index (χ4v) is 1.95. The quantitative estimate of drug-likeness (QED) is 0.941. The van der Waals surface area contributed by atoms with Gasteiger partial charge in [0.1, 0.15) is 6.61 Å². The van der Waals surface area contributed by atoms with E-state index in [9.17, 15) is 0 Å². The van der Waals surface area contributed by atoms with Gasteiger partial charge in [0.15, 0.2) is 0 Å². The highest BCUT2D eigenvalue weighted by Crippen LogP contribution is 2.19. The largest absolute Gasteiger partial charge is 0.473 e. The Hall–Kier alpha value is -1.39. The summed E-state index contributed by atoms with van der Waals surface area (Å²) < 4.78 is 6.70. The molecule has 1 aromatic carbocycles. The van der Waals surface area contributed by atoms with Gasteiger partial charge in [0.05, 0.1) is 0 Å². The number of halogens is 1. The molecule has 3 nitrogen and oxygen atoms in total. The highest BCUT2D eigenvalue weighted by Gasteiger charge is 2.04. The van der Waals surface area contributed by atoms with E-state index in [0.29, 0.717) is 12.5 Å². The van der Waals surface area contributed by atoms with Gasteiger partial charge in [0, 0.05) is 28.3 Å². The molecule has 18 heavy (non-hydrogen) atoms. The molecule has 4 heteroatoms. The minimum atomic E-state index is -0.0150. The van der Waals surface area contributed by atoms with Crippen molar-refractivity contribution in [2.45, 2.75) is 19.6 Å². The zero-order valence-electron chi connectivity index (χ0n) is 10.1. The highest BCUT2D eigenvalue weighted by molar-refractivity contribution is 9.10. The summed E-state index contributed by atoms with van der Waals surface area (Å²) in [6.45, 7) is 2.42. The zero-order valence-corrected chi connectivity index (χ0v) is 11.7. The average Bonchev–Trinajstić information content (AvgIpc) is 2.38. The third-order valence-corrected chi connectivity index (χ3v) is 3.39. The molecule has 0 radical (unpaired) electrons. The van der Waals surface area contributed by atoms with Gasteiger partial charge in [-0.1, -0.05) is 34.1 Å². The molecule has 0 saturated heterocycles. The maximum absolute atomic E-state index is 5.82. The van der Waals surface area contributed by atoms with Crippen molar-refractivity contribution < 1.29 is 4.74 Å². The van der Waals surface area contributed by atoms with Crippen molar-refractivity contribution in [3.8, 4) is 5.88 Å². The first-order chi connectivity index (χ1) is 8.66. The Morgan fingerprint density at radius 2 is 2.11 bits per heavy atom. The molecule has 1 aromatic heterocycles. The van der Waals surface area contributed by atoms with E-state index < -0.39 is 0 Å². The second-order valence-corrected chi connectivity index (χ2v) is 4.95. The summed E-state index contributed by atoms with van der Waals surface area (Å²) in [5.41, 5.74) is 7.93. The molecule has 2 N–H and O–H groups in total. The molecule has 0 aliphatic rings. The van der Waals surface area contributed by atoms with Crippen LogP contribution >= 0.6 is 15.9 Å². The molecule has 2 rings (SSSR count). The van der Waals surface area contributed by atoms with E-state index in [-0.39, 0.29) is 6.04 Å². The van der Waals surface area contributed by atoms with Crippen molar-refractivity contribution in [2.24, 2.45) is 5.73 Å². The molecule has 0 fully saturated rings. The van der Waals surface area contributed by atoms with Crippen molar-refractivity contribution >= 4 is 15.9 Å². The summed E-state index contributed by atoms with van der Waals surface area (Å²) in [6.07, 6.45) is 1.72. The number of nitrogens with zero attached hydrogens (tertiary/aromatic N) is 1. The van der Waals surface area contributed by atoms with Crippen LogP contribution in [-0.4, -0.2) is 4.98 Å². The van der Waals surface area contributed by atoms with E-state index in [0.717, 1.165) is 15.6 Å². The molecular weight excluding hydrogens is 292 g/mol. The number of nitrogens with two attached hydrogens (primary N) is 1. The van der Waals surface area contributed by atoms with Crippen LogP contribution in [0.5, 0.6) is 5.88 Å². The van der Waals surface area contributed by atoms with Crippen molar-refractivity contribution in [3.63, 3.8) is 0 Å². The van der Waals surface area contributed by atoms with Crippen LogP contribution in [0.4, 0.5) is 0 Å². The molecule has 2 aromatic rings. The lowest BCUT2D eigenvalue weighted by atomic mass is 10.1. The third-order valence-electron chi connectivity index (χ3n) is 2.62. The number of hydrogen-bond donors (Lipinski definition) is 1. The molecule has 0 amide bonds. The van der Waals surface area contributed by atoms with Gasteiger partial charge in [-0.15, -0.1) is 0 Å². The predicted molar refractivity (Wildman–Crippen MR) is 75.3 cm³/mol. The molecule has 0 saturated carbocycles. The SMILES string of the molecule is C[C@H](N)c1ccnc(OCc2ccccc2Br)c1. The number of hydrogen-bond acceptors (Lipinski definition) is 3. The van der Waals surface area contributed by atoms with Crippen LogP contribution in [0.1, 0.15) is 24.1 Å². The Morgan fingerprint density at radius 3 is 2.83 bits per heavy atom. The van der Waals surface area contributed by atoms with E-state index in [4.69, 9.17) is 10.5 Å². The first-order valence-corrected chi connectivity index (χ1v) is 6.54. The fourth-order valence-electron chi connectivity index (χ4n) is 1.55. The lowest BCUT2D eigenvalue weighted by Gasteiger charge is -2.09. The highest BCUT2D eigenvalue weighted by atomic mass is 79.9. The van der Waals surface area contributed by atoms with Crippen molar-refractivity contribution in [2.75, 3.05) is 0 Å². The molecule has 0 unspecified atom stereocenters. The molecule has 0 spiro atoms. The summed E-state index contributed by atoms with van der Waals surface area (Å²) in [5.74, 6) is 0.598. The molecular formula is C14H15BrN2O. The van der Waals surface area contributed by atoms with Crippen LogP contribution in [0.2, 0.25) is 0 Å². The Kier molecular flexibility index (Phi) is 4.33. The number of rotatable bonds is 4. The molecule has 1 atom stereocenters. The van der Waals surface area contributed by atoms with E-state index in [1.165, 1.54) is 0 Å². The van der Waals surface area contributed by atoms with Gasteiger partial charge in [-0.3, -0.25) is 0 Å². The van der Waals surface area contributed by atoms with E-state index in [1.807, 2.05) is 43.3 Å². The zero-order chi connectivity index (χ0) is 13.0. The lowest BCUT2D eigenvalue weighted by molar-refractivity contribution is 0.292. The summed E-state index contributed by atoms with van der Waals surface area (Å²) in [5, 5.41) is 0. The average molecular weight is 307 g/mol. The van der Waals surface area contributed by atoms with Gasteiger partial charge < -0.3 is 10.5 Å². The Balaban J connectivity index is 2.07. The molecule has 0 bridgehead atoms. The van der Waals surface area contributed by atoms with Crippen molar-refractivity contribution in [1.82, 2.24) is 4.98 Å². The van der Waals surface area contributed by atoms with Crippen LogP contribution in [0.15, 0.2) is 47.1 Å². The molecule has 94 valence electrons. The van der Waals surface area contributed by atoms with Crippen LogP contribution in [-0.2, 0) is 6.61 Å². The Morgan fingerprint density at radius 1 is 1.33 bits per heavy atom.